The molecule has 0 bridgehead atoms. The molecule has 0 spiro atoms. The predicted octanol–water partition coefficient (Wildman–Crippen LogP) is 1.16. The number of hydrogen-bond acceptors (Lipinski definition) is 3. The zero-order valence-electron chi connectivity index (χ0n) is 11.4. The number of amides is 2. The zero-order chi connectivity index (χ0) is 13.8. The third kappa shape index (κ3) is 3.18. The average Bonchev–Trinajstić information content (AvgIpc) is 2.62. The lowest BCUT2D eigenvalue weighted by Gasteiger charge is -2.38. The Labute approximate surface area is 113 Å². The van der Waals surface area contributed by atoms with Gasteiger partial charge in [0.15, 0.2) is 6.04 Å². The topological polar surface area (TPSA) is 70.1 Å². The number of morpholine rings is 1. The quantitative estimate of drug-likeness (QED) is 0.776. The molecule has 6 nitrogen and oxygen atoms in total. The van der Waals surface area contributed by atoms with Crippen molar-refractivity contribution in [2.75, 3.05) is 26.3 Å². The normalized spacial score (nSPS) is 28.9. The van der Waals surface area contributed by atoms with Gasteiger partial charge in [0.25, 0.3) is 0 Å². The summed E-state index contributed by atoms with van der Waals surface area (Å²) in [6.07, 6.45) is 4.27. The van der Waals surface area contributed by atoms with E-state index in [0.29, 0.717) is 13.2 Å². The van der Waals surface area contributed by atoms with Gasteiger partial charge in [-0.1, -0.05) is 12.8 Å². The fourth-order valence-corrected chi connectivity index (χ4v) is 2.76. The van der Waals surface area contributed by atoms with E-state index in [1.165, 1.54) is 4.90 Å². The molecule has 1 N–H and O–H groups in total. The third-order valence-corrected chi connectivity index (χ3v) is 3.96. The van der Waals surface area contributed by atoms with Crippen molar-refractivity contribution in [1.29, 1.82) is 0 Å². The van der Waals surface area contributed by atoms with Crippen molar-refractivity contribution >= 4 is 12.0 Å². The highest BCUT2D eigenvalue weighted by molar-refractivity contribution is 5.83. The lowest BCUT2D eigenvalue weighted by molar-refractivity contribution is -0.147. The fourth-order valence-electron chi connectivity index (χ4n) is 2.76. The van der Waals surface area contributed by atoms with E-state index < -0.39 is 12.0 Å². The van der Waals surface area contributed by atoms with Crippen molar-refractivity contribution in [3.8, 4) is 0 Å². The average molecular weight is 270 g/mol. The van der Waals surface area contributed by atoms with Gasteiger partial charge < -0.3 is 19.6 Å². The Morgan fingerprint density at radius 2 is 1.95 bits per heavy atom. The highest BCUT2D eigenvalue weighted by Crippen LogP contribution is 2.20. The fraction of sp³-hybridized carbons (Fsp3) is 0.846. The van der Waals surface area contributed by atoms with Crippen LogP contribution in [-0.2, 0) is 9.53 Å². The lowest BCUT2D eigenvalue weighted by atomic mass is 10.1. The van der Waals surface area contributed by atoms with Gasteiger partial charge in [-0.05, 0) is 19.8 Å². The molecule has 0 aromatic heterocycles. The zero-order valence-corrected chi connectivity index (χ0v) is 11.4. The molecular weight excluding hydrogens is 248 g/mol. The summed E-state index contributed by atoms with van der Waals surface area (Å²) in [5, 5.41) is 9.18. The van der Waals surface area contributed by atoms with Crippen molar-refractivity contribution in [1.82, 2.24) is 9.80 Å². The molecular formula is C13H22N2O4. The van der Waals surface area contributed by atoms with Gasteiger partial charge in [0.2, 0.25) is 0 Å². The molecule has 2 rings (SSSR count). The molecule has 2 amide bonds. The van der Waals surface area contributed by atoms with Gasteiger partial charge in [-0.15, -0.1) is 0 Å². The van der Waals surface area contributed by atoms with E-state index in [9.17, 15) is 14.7 Å². The predicted molar refractivity (Wildman–Crippen MR) is 69.0 cm³/mol. The van der Waals surface area contributed by atoms with Crippen LogP contribution in [0.15, 0.2) is 0 Å². The SMILES string of the molecule is CC1CCCCCN1C(=O)N1CCOCC1C(=O)O. The van der Waals surface area contributed by atoms with Crippen LogP contribution >= 0.6 is 0 Å². The number of carboxylic acids is 1. The second-order valence-electron chi connectivity index (χ2n) is 5.30. The maximum atomic E-state index is 12.6. The summed E-state index contributed by atoms with van der Waals surface area (Å²) in [6, 6.07) is -0.811. The molecule has 0 aliphatic carbocycles. The van der Waals surface area contributed by atoms with Gasteiger partial charge in [0.05, 0.1) is 13.2 Å². The smallest absolute Gasteiger partial charge is 0.328 e. The number of urea groups is 1. The monoisotopic (exact) mass is 270 g/mol. The summed E-state index contributed by atoms with van der Waals surface area (Å²) in [7, 11) is 0. The first-order valence-electron chi connectivity index (χ1n) is 6.99. The molecule has 108 valence electrons. The number of rotatable bonds is 1. The molecule has 6 heteroatoms. The minimum Gasteiger partial charge on any atom is -0.480 e. The molecule has 19 heavy (non-hydrogen) atoms. The summed E-state index contributed by atoms with van der Waals surface area (Å²) >= 11 is 0. The van der Waals surface area contributed by atoms with Gasteiger partial charge in [0, 0.05) is 19.1 Å². The first-order chi connectivity index (χ1) is 9.11. The number of ether oxygens (including phenoxy) is 1. The summed E-state index contributed by atoms with van der Waals surface area (Å²) in [4.78, 5) is 27.1. The lowest BCUT2D eigenvalue weighted by Crippen LogP contribution is -2.57. The van der Waals surface area contributed by atoms with E-state index in [-0.39, 0.29) is 18.7 Å². The second-order valence-corrected chi connectivity index (χ2v) is 5.30. The third-order valence-electron chi connectivity index (χ3n) is 3.96. The van der Waals surface area contributed by atoms with Crippen molar-refractivity contribution < 1.29 is 19.4 Å². The molecule has 2 heterocycles. The van der Waals surface area contributed by atoms with E-state index in [1.807, 2.05) is 11.8 Å². The molecule has 2 atom stereocenters. The standard InChI is InChI=1S/C13H22N2O4/c1-10-5-3-2-4-6-14(10)13(18)15-7-8-19-9-11(15)12(16)17/h10-11H,2-9H2,1H3,(H,16,17). The Hall–Kier alpha value is -1.30. The maximum absolute atomic E-state index is 12.6. The van der Waals surface area contributed by atoms with Crippen molar-refractivity contribution in [3.05, 3.63) is 0 Å². The number of hydrogen-bond donors (Lipinski definition) is 1. The molecule has 2 saturated heterocycles. The first-order valence-corrected chi connectivity index (χ1v) is 6.99. The highest BCUT2D eigenvalue weighted by Gasteiger charge is 2.36. The molecule has 0 aromatic rings. The summed E-state index contributed by atoms with van der Waals surface area (Å²) in [5.41, 5.74) is 0. The van der Waals surface area contributed by atoms with Gasteiger partial charge in [-0.2, -0.15) is 0 Å². The van der Waals surface area contributed by atoms with Crippen LogP contribution in [0.3, 0.4) is 0 Å². The molecule has 2 fully saturated rings. The first kappa shape index (κ1) is 14.1. The molecule has 0 radical (unpaired) electrons. The minimum absolute atomic E-state index is 0.0866. The minimum atomic E-state index is -0.990. The molecule has 0 saturated carbocycles. The Morgan fingerprint density at radius 3 is 2.68 bits per heavy atom. The largest absolute Gasteiger partial charge is 0.480 e. The van der Waals surface area contributed by atoms with Crippen LogP contribution in [-0.4, -0.2) is 65.3 Å². The van der Waals surface area contributed by atoms with Crippen LogP contribution in [0.5, 0.6) is 0 Å². The second kappa shape index (κ2) is 6.23. The number of carbonyl (C=O) groups excluding carboxylic acids is 1. The molecule has 0 aromatic carbocycles. The summed E-state index contributed by atoms with van der Waals surface area (Å²) in [6.45, 7) is 3.63. The number of nitrogens with zero attached hydrogens (tertiary/aromatic N) is 2. The van der Waals surface area contributed by atoms with E-state index in [1.54, 1.807) is 0 Å². The Bertz CT molecular complexity index is 348. The van der Waals surface area contributed by atoms with Crippen LogP contribution in [0, 0.1) is 0 Å². The summed E-state index contributed by atoms with van der Waals surface area (Å²) in [5.74, 6) is -0.990. The van der Waals surface area contributed by atoms with E-state index in [0.717, 1.165) is 32.2 Å². The summed E-state index contributed by atoms with van der Waals surface area (Å²) < 4.78 is 5.17. The number of likely N-dealkylation sites (tertiary alicyclic amines) is 1. The Kier molecular flexibility index (Phi) is 4.63. The van der Waals surface area contributed by atoms with Crippen molar-refractivity contribution in [2.45, 2.75) is 44.7 Å². The van der Waals surface area contributed by atoms with Gasteiger partial charge in [-0.25, -0.2) is 9.59 Å². The maximum Gasteiger partial charge on any atom is 0.328 e. The van der Waals surface area contributed by atoms with Crippen molar-refractivity contribution in [2.24, 2.45) is 0 Å². The van der Waals surface area contributed by atoms with Gasteiger partial charge in [0.1, 0.15) is 0 Å². The van der Waals surface area contributed by atoms with Crippen LogP contribution in [0.2, 0.25) is 0 Å². The number of carbonyl (C=O) groups is 2. The van der Waals surface area contributed by atoms with Gasteiger partial charge in [-0.3, -0.25) is 0 Å². The van der Waals surface area contributed by atoms with E-state index in [4.69, 9.17) is 4.74 Å². The Morgan fingerprint density at radius 1 is 1.16 bits per heavy atom. The van der Waals surface area contributed by atoms with Crippen LogP contribution in [0.1, 0.15) is 32.6 Å². The van der Waals surface area contributed by atoms with E-state index >= 15 is 0 Å². The highest BCUT2D eigenvalue weighted by atomic mass is 16.5. The van der Waals surface area contributed by atoms with Crippen molar-refractivity contribution in [3.63, 3.8) is 0 Å². The number of carboxylic acid groups (broad SMARTS) is 1. The molecule has 2 aliphatic rings. The Balaban J connectivity index is 2.09. The van der Waals surface area contributed by atoms with Gasteiger partial charge >= 0.3 is 12.0 Å². The van der Waals surface area contributed by atoms with Crippen LogP contribution < -0.4 is 0 Å². The van der Waals surface area contributed by atoms with Crippen LogP contribution in [0.4, 0.5) is 4.79 Å². The number of aliphatic carboxylic acids is 1. The molecule has 2 unspecified atom stereocenters. The van der Waals surface area contributed by atoms with Crippen LogP contribution in [0.25, 0.3) is 0 Å². The molecule has 2 aliphatic heterocycles. The van der Waals surface area contributed by atoms with E-state index in [2.05, 4.69) is 0 Å².